The van der Waals surface area contributed by atoms with Gasteiger partial charge in [-0.05, 0) is 44.9 Å². The topological polar surface area (TPSA) is 76.1 Å². The summed E-state index contributed by atoms with van der Waals surface area (Å²) in [7, 11) is 0. The van der Waals surface area contributed by atoms with E-state index in [1.165, 1.54) is 0 Å². The van der Waals surface area contributed by atoms with Gasteiger partial charge >= 0.3 is 5.97 Å². The van der Waals surface area contributed by atoms with Crippen molar-refractivity contribution in [3.8, 4) is 11.5 Å². The molecule has 24 heavy (non-hydrogen) atoms. The first-order valence-electron chi connectivity index (χ1n) is 8.26. The number of nitrogens with zero attached hydrogens (tertiary/aromatic N) is 1. The van der Waals surface area contributed by atoms with Crippen molar-refractivity contribution in [2.45, 2.75) is 38.6 Å². The average Bonchev–Trinajstić information content (AvgIpc) is 2.95. The number of aliphatic carboxylic acids is 1. The van der Waals surface area contributed by atoms with E-state index in [4.69, 9.17) is 9.47 Å². The van der Waals surface area contributed by atoms with Crippen LogP contribution in [-0.2, 0) is 15.0 Å². The molecule has 1 N–H and O–H groups in total. The third kappa shape index (κ3) is 2.70. The van der Waals surface area contributed by atoms with Crippen molar-refractivity contribution < 1.29 is 24.2 Å². The van der Waals surface area contributed by atoms with Gasteiger partial charge in [0.15, 0.2) is 11.5 Å². The number of amides is 1. The summed E-state index contributed by atoms with van der Waals surface area (Å²) in [6, 6.07) is 5.25. The van der Waals surface area contributed by atoms with Crippen LogP contribution in [0.2, 0.25) is 0 Å². The maximum Gasteiger partial charge on any atom is 0.308 e. The lowest BCUT2D eigenvalue weighted by Gasteiger charge is -2.33. The fourth-order valence-electron chi connectivity index (χ4n) is 3.47. The molecule has 1 aromatic rings. The van der Waals surface area contributed by atoms with Crippen molar-refractivity contribution in [1.29, 1.82) is 0 Å². The summed E-state index contributed by atoms with van der Waals surface area (Å²) in [5.41, 5.74) is 0.0695. The van der Waals surface area contributed by atoms with Gasteiger partial charge in [0.05, 0.1) is 11.3 Å². The van der Waals surface area contributed by atoms with Gasteiger partial charge in [-0.15, -0.1) is 0 Å². The van der Waals surface area contributed by atoms with Gasteiger partial charge in [-0.3, -0.25) is 9.59 Å². The highest BCUT2D eigenvalue weighted by atomic mass is 16.6. The van der Waals surface area contributed by atoms with E-state index >= 15 is 0 Å². The molecule has 1 aromatic carbocycles. The molecule has 2 aliphatic heterocycles. The van der Waals surface area contributed by atoms with Crippen LogP contribution in [0, 0.1) is 5.92 Å². The van der Waals surface area contributed by atoms with Gasteiger partial charge in [-0.25, -0.2) is 0 Å². The molecule has 0 bridgehead atoms. The maximum atomic E-state index is 13.1. The average molecular weight is 333 g/mol. The summed E-state index contributed by atoms with van der Waals surface area (Å²) < 4.78 is 11.1. The van der Waals surface area contributed by atoms with Gasteiger partial charge in [0.25, 0.3) is 0 Å². The van der Waals surface area contributed by atoms with Gasteiger partial charge < -0.3 is 19.5 Å². The first-order chi connectivity index (χ1) is 11.3. The number of likely N-dealkylation sites (tertiary alicyclic amines) is 1. The Morgan fingerprint density at radius 3 is 2.50 bits per heavy atom. The lowest BCUT2D eigenvalue weighted by molar-refractivity contribution is -0.143. The number of carboxylic acid groups (broad SMARTS) is 1. The molecule has 1 fully saturated rings. The van der Waals surface area contributed by atoms with Gasteiger partial charge in [0.1, 0.15) is 13.2 Å². The SMILES string of the molecule is CC1C(C(=O)O)CCN1C(=O)C(C)(C)c1ccc2c(c1)OCCO2. The van der Waals surface area contributed by atoms with Crippen molar-refractivity contribution >= 4 is 11.9 Å². The number of carbonyl (C=O) groups excluding carboxylic acids is 1. The van der Waals surface area contributed by atoms with Crippen molar-refractivity contribution in [1.82, 2.24) is 4.90 Å². The van der Waals surface area contributed by atoms with E-state index in [1.807, 2.05) is 39.0 Å². The molecule has 2 unspecified atom stereocenters. The molecular formula is C18H23NO5. The Morgan fingerprint density at radius 2 is 1.88 bits per heavy atom. The lowest BCUT2D eigenvalue weighted by Crippen LogP contribution is -2.46. The Hall–Kier alpha value is -2.24. The number of fused-ring (bicyclic) bond motifs is 1. The zero-order valence-corrected chi connectivity index (χ0v) is 14.2. The predicted molar refractivity (Wildman–Crippen MR) is 87.4 cm³/mol. The summed E-state index contributed by atoms with van der Waals surface area (Å²) in [6.07, 6.45) is 0.499. The molecule has 2 aliphatic rings. The van der Waals surface area contributed by atoms with Gasteiger partial charge in [-0.2, -0.15) is 0 Å². The summed E-state index contributed by atoms with van der Waals surface area (Å²) in [5.74, 6) is -0.0541. The van der Waals surface area contributed by atoms with Crippen LogP contribution >= 0.6 is 0 Å². The molecule has 1 saturated heterocycles. The number of hydrogen-bond donors (Lipinski definition) is 1. The van der Waals surface area contributed by atoms with Crippen LogP contribution < -0.4 is 9.47 Å². The number of ether oxygens (including phenoxy) is 2. The second kappa shape index (κ2) is 6.00. The van der Waals surface area contributed by atoms with Crippen LogP contribution in [0.3, 0.4) is 0 Å². The number of rotatable bonds is 3. The summed E-state index contributed by atoms with van der Waals surface area (Å²) in [6.45, 7) is 7.03. The fraction of sp³-hybridized carbons (Fsp3) is 0.556. The fourth-order valence-corrected chi connectivity index (χ4v) is 3.47. The molecule has 2 atom stereocenters. The monoisotopic (exact) mass is 333 g/mol. The number of benzene rings is 1. The Bertz CT molecular complexity index is 669. The molecule has 0 aliphatic carbocycles. The van der Waals surface area contributed by atoms with Crippen molar-refractivity contribution in [2.24, 2.45) is 5.92 Å². The minimum Gasteiger partial charge on any atom is -0.486 e. The smallest absolute Gasteiger partial charge is 0.308 e. The van der Waals surface area contributed by atoms with Gasteiger partial charge in [0.2, 0.25) is 5.91 Å². The third-order valence-corrected chi connectivity index (χ3v) is 5.13. The molecule has 0 aromatic heterocycles. The van der Waals surface area contributed by atoms with Crippen molar-refractivity contribution in [3.63, 3.8) is 0 Å². The second-order valence-corrected chi connectivity index (χ2v) is 6.96. The maximum absolute atomic E-state index is 13.1. The summed E-state index contributed by atoms with van der Waals surface area (Å²) >= 11 is 0. The van der Waals surface area contributed by atoms with E-state index in [0.29, 0.717) is 37.7 Å². The molecule has 1 amide bonds. The van der Waals surface area contributed by atoms with Crippen LogP contribution in [-0.4, -0.2) is 47.7 Å². The van der Waals surface area contributed by atoms with Crippen LogP contribution in [0.4, 0.5) is 0 Å². The minimum absolute atomic E-state index is 0.0598. The Morgan fingerprint density at radius 1 is 1.21 bits per heavy atom. The highest BCUT2D eigenvalue weighted by Gasteiger charge is 2.43. The van der Waals surface area contributed by atoms with Gasteiger partial charge in [0, 0.05) is 12.6 Å². The first-order valence-corrected chi connectivity index (χ1v) is 8.26. The Kier molecular flexibility index (Phi) is 4.15. The number of hydrogen-bond acceptors (Lipinski definition) is 4. The molecule has 130 valence electrons. The molecule has 0 spiro atoms. The van der Waals surface area contributed by atoms with E-state index in [1.54, 1.807) is 4.90 Å². The quantitative estimate of drug-likeness (QED) is 0.916. The van der Waals surface area contributed by atoms with Crippen LogP contribution in [0.25, 0.3) is 0 Å². The van der Waals surface area contributed by atoms with Crippen LogP contribution in [0.1, 0.15) is 32.8 Å². The van der Waals surface area contributed by atoms with Crippen LogP contribution in [0.15, 0.2) is 18.2 Å². The van der Waals surface area contributed by atoms with Gasteiger partial charge in [-0.1, -0.05) is 6.07 Å². The molecular weight excluding hydrogens is 310 g/mol. The third-order valence-electron chi connectivity index (χ3n) is 5.13. The number of carboxylic acids is 1. The summed E-state index contributed by atoms with van der Waals surface area (Å²) in [4.78, 5) is 26.1. The largest absolute Gasteiger partial charge is 0.486 e. The van der Waals surface area contributed by atoms with E-state index in [9.17, 15) is 14.7 Å². The highest BCUT2D eigenvalue weighted by Crippen LogP contribution is 2.37. The van der Waals surface area contributed by atoms with Crippen LogP contribution in [0.5, 0.6) is 11.5 Å². The molecule has 2 heterocycles. The molecule has 6 nitrogen and oxygen atoms in total. The molecule has 6 heteroatoms. The predicted octanol–water partition coefficient (Wildman–Crippen LogP) is 2.06. The van der Waals surface area contributed by atoms with Crippen molar-refractivity contribution in [3.05, 3.63) is 23.8 Å². The highest BCUT2D eigenvalue weighted by molar-refractivity contribution is 5.89. The normalized spacial score (nSPS) is 23.2. The molecule has 3 rings (SSSR count). The van der Waals surface area contributed by atoms with E-state index in [2.05, 4.69) is 0 Å². The second-order valence-electron chi connectivity index (χ2n) is 6.96. The minimum atomic E-state index is -0.838. The van der Waals surface area contributed by atoms with E-state index in [-0.39, 0.29) is 11.9 Å². The summed E-state index contributed by atoms with van der Waals surface area (Å²) in [5, 5.41) is 9.27. The zero-order valence-electron chi connectivity index (χ0n) is 14.2. The van der Waals surface area contributed by atoms with E-state index < -0.39 is 17.3 Å². The number of carbonyl (C=O) groups is 2. The Balaban J connectivity index is 1.85. The standard InChI is InChI=1S/C18H23NO5/c1-11-13(16(20)21)6-7-19(11)17(22)18(2,3)12-4-5-14-15(10-12)24-9-8-23-14/h4-5,10-11,13H,6-9H2,1-3H3,(H,20,21). The first kappa shape index (κ1) is 16.6. The Labute approximate surface area is 141 Å². The zero-order chi connectivity index (χ0) is 17.5. The lowest BCUT2D eigenvalue weighted by atomic mass is 9.82. The molecule has 0 radical (unpaired) electrons. The molecule has 0 saturated carbocycles. The van der Waals surface area contributed by atoms with E-state index in [0.717, 1.165) is 5.56 Å². The van der Waals surface area contributed by atoms with Crippen molar-refractivity contribution in [2.75, 3.05) is 19.8 Å².